The average molecular weight is 506 g/mol. The van der Waals surface area contributed by atoms with Crippen molar-refractivity contribution in [1.29, 1.82) is 0 Å². The van der Waals surface area contributed by atoms with E-state index in [4.69, 9.17) is 26.1 Å². The summed E-state index contributed by atoms with van der Waals surface area (Å²) in [6.07, 6.45) is 1.47. The van der Waals surface area contributed by atoms with Gasteiger partial charge in [0.2, 0.25) is 0 Å². The number of benzene rings is 3. The molecular weight excluding hydrogens is 474 g/mol. The first-order chi connectivity index (χ1) is 17.5. The Morgan fingerprint density at radius 2 is 1.67 bits per heavy atom. The molecule has 0 bridgehead atoms. The predicted octanol–water partition coefficient (Wildman–Crippen LogP) is 6.02. The third-order valence-electron chi connectivity index (χ3n) is 5.93. The van der Waals surface area contributed by atoms with Crippen LogP contribution in [-0.2, 0) is 17.8 Å². The number of amides is 1. The van der Waals surface area contributed by atoms with E-state index in [9.17, 15) is 4.79 Å². The molecule has 1 amide bonds. The molecular formula is C29H32ClN3O3. The van der Waals surface area contributed by atoms with Crippen molar-refractivity contribution in [1.82, 2.24) is 14.9 Å². The molecule has 0 aliphatic carbocycles. The molecule has 0 aliphatic heterocycles. The van der Waals surface area contributed by atoms with Crippen molar-refractivity contribution in [3.05, 3.63) is 89.2 Å². The highest BCUT2D eigenvalue weighted by molar-refractivity contribution is 6.30. The summed E-state index contributed by atoms with van der Waals surface area (Å²) >= 11 is 5.88. The lowest BCUT2D eigenvalue weighted by Gasteiger charge is -2.12. The third kappa shape index (κ3) is 7.01. The average Bonchev–Trinajstić information content (AvgIpc) is 3.24. The van der Waals surface area contributed by atoms with Gasteiger partial charge in [-0.15, -0.1) is 0 Å². The molecule has 0 atom stereocenters. The van der Waals surface area contributed by atoms with E-state index in [0.717, 1.165) is 35.6 Å². The Morgan fingerprint density at radius 1 is 0.972 bits per heavy atom. The first kappa shape index (κ1) is 25.6. The monoisotopic (exact) mass is 505 g/mol. The van der Waals surface area contributed by atoms with Crippen LogP contribution in [0.4, 0.5) is 0 Å². The Kier molecular flexibility index (Phi) is 8.85. The highest BCUT2D eigenvalue weighted by Gasteiger charge is 2.11. The molecule has 36 heavy (non-hydrogen) atoms. The number of hydrogen-bond acceptors (Lipinski definition) is 4. The fraction of sp³-hybridized carbons (Fsp3) is 0.310. The zero-order valence-electron chi connectivity index (χ0n) is 20.7. The first-order valence-corrected chi connectivity index (χ1v) is 12.7. The number of ether oxygens (including phenoxy) is 2. The van der Waals surface area contributed by atoms with Crippen molar-refractivity contribution in [3.63, 3.8) is 0 Å². The number of para-hydroxylation sites is 2. The molecule has 4 rings (SSSR count). The molecule has 0 aliphatic rings. The van der Waals surface area contributed by atoms with Crippen LogP contribution in [0, 0.1) is 0 Å². The summed E-state index contributed by atoms with van der Waals surface area (Å²) < 4.78 is 13.7. The number of nitrogens with one attached hydrogen (secondary N) is 1. The minimum atomic E-state index is -0.176. The van der Waals surface area contributed by atoms with Gasteiger partial charge in [-0.05, 0) is 66.4 Å². The number of halogens is 1. The number of rotatable bonds is 12. The lowest BCUT2D eigenvalue weighted by atomic mass is 10.0. The van der Waals surface area contributed by atoms with Gasteiger partial charge in [-0.2, -0.15) is 0 Å². The molecule has 0 radical (unpaired) electrons. The number of nitrogens with zero attached hydrogens (tertiary/aromatic N) is 2. The minimum Gasteiger partial charge on any atom is -0.494 e. The maximum absolute atomic E-state index is 12.2. The number of imidazole rings is 1. The number of carbonyl (C=O) groups is 1. The Labute approximate surface area is 217 Å². The van der Waals surface area contributed by atoms with Crippen LogP contribution in [0.1, 0.15) is 37.6 Å². The largest absolute Gasteiger partial charge is 0.494 e. The summed E-state index contributed by atoms with van der Waals surface area (Å²) in [7, 11) is 0. The molecule has 0 saturated heterocycles. The van der Waals surface area contributed by atoms with Gasteiger partial charge < -0.3 is 19.4 Å². The van der Waals surface area contributed by atoms with Crippen molar-refractivity contribution in [2.75, 3.05) is 19.8 Å². The molecule has 7 heteroatoms. The molecule has 3 aromatic carbocycles. The van der Waals surface area contributed by atoms with Gasteiger partial charge in [-0.3, -0.25) is 4.79 Å². The highest BCUT2D eigenvalue weighted by atomic mass is 35.5. The van der Waals surface area contributed by atoms with Crippen LogP contribution in [0.15, 0.2) is 72.8 Å². The van der Waals surface area contributed by atoms with Gasteiger partial charge in [0, 0.05) is 24.5 Å². The van der Waals surface area contributed by atoms with E-state index in [1.165, 1.54) is 5.56 Å². The molecule has 0 fully saturated rings. The van der Waals surface area contributed by atoms with Gasteiger partial charge in [0.05, 0.1) is 17.6 Å². The molecule has 188 valence electrons. The van der Waals surface area contributed by atoms with Gasteiger partial charge in [0.1, 0.15) is 17.3 Å². The number of fused-ring (bicyclic) bond motifs is 1. The van der Waals surface area contributed by atoms with Crippen LogP contribution in [0.2, 0.25) is 5.02 Å². The first-order valence-electron chi connectivity index (χ1n) is 12.3. The lowest BCUT2D eigenvalue weighted by Crippen LogP contribution is -2.31. The van der Waals surface area contributed by atoms with Gasteiger partial charge in [0.25, 0.3) is 5.91 Å². The fourth-order valence-electron chi connectivity index (χ4n) is 3.97. The molecule has 1 heterocycles. The van der Waals surface area contributed by atoms with Gasteiger partial charge >= 0.3 is 0 Å². The summed E-state index contributed by atoms with van der Waals surface area (Å²) in [6.45, 7) is 6.20. The van der Waals surface area contributed by atoms with Gasteiger partial charge in [-0.1, -0.05) is 49.7 Å². The molecule has 1 aromatic heterocycles. The van der Waals surface area contributed by atoms with Crippen LogP contribution in [0.3, 0.4) is 0 Å². The van der Waals surface area contributed by atoms with Crippen molar-refractivity contribution in [2.24, 2.45) is 0 Å². The SMILES string of the molecule is CC(C)c1ccc(OCCCn2c(CCNC(=O)COc3ccc(Cl)cc3)nc3ccccc32)cc1. The molecule has 6 nitrogen and oxygen atoms in total. The Hall–Kier alpha value is -3.51. The zero-order chi connectivity index (χ0) is 25.3. The molecule has 4 aromatic rings. The Morgan fingerprint density at radius 3 is 2.42 bits per heavy atom. The second-order valence-electron chi connectivity index (χ2n) is 8.94. The zero-order valence-corrected chi connectivity index (χ0v) is 21.5. The van der Waals surface area contributed by atoms with Crippen LogP contribution in [-0.4, -0.2) is 35.2 Å². The van der Waals surface area contributed by atoms with Crippen molar-refractivity contribution in [3.8, 4) is 11.5 Å². The normalized spacial score (nSPS) is 11.1. The van der Waals surface area contributed by atoms with Crippen LogP contribution >= 0.6 is 11.6 Å². The summed E-state index contributed by atoms with van der Waals surface area (Å²) in [5, 5.41) is 3.54. The minimum absolute atomic E-state index is 0.0481. The Bertz CT molecular complexity index is 1270. The second kappa shape index (κ2) is 12.5. The van der Waals surface area contributed by atoms with E-state index in [0.29, 0.717) is 36.3 Å². The van der Waals surface area contributed by atoms with Crippen LogP contribution < -0.4 is 14.8 Å². The van der Waals surface area contributed by atoms with E-state index < -0.39 is 0 Å². The fourth-order valence-corrected chi connectivity index (χ4v) is 4.10. The van der Waals surface area contributed by atoms with E-state index in [-0.39, 0.29) is 12.5 Å². The van der Waals surface area contributed by atoms with Gasteiger partial charge in [0.15, 0.2) is 6.61 Å². The second-order valence-corrected chi connectivity index (χ2v) is 9.37. The van der Waals surface area contributed by atoms with Crippen molar-refractivity contribution < 1.29 is 14.3 Å². The summed E-state index contributed by atoms with van der Waals surface area (Å²) in [4.78, 5) is 17.0. The predicted molar refractivity (Wildman–Crippen MR) is 144 cm³/mol. The molecule has 0 saturated carbocycles. The van der Waals surface area contributed by atoms with E-state index in [1.54, 1.807) is 24.3 Å². The summed E-state index contributed by atoms with van der Waals surface area (Å²) in [5.74, 6) is 2.77. The number of aromatic nitrogens is 2. The topological polar surface area (TPSA) is 65.4 Å². The van der Waals surface area contributed by atoms with E-state index in [1.807, 2.05) is 30.3 Å². The smallest absolute Gasteiger partial charge is 0.257 e. The van der Waals surface area contributed by atoms with Crippen LogP contribution in [0.5, 0.6) is 11.5 Å². The number of aryl methyl sites for hydroxylation is 1. The maximum Gasteiger partial charge on any atom is 0.257 e. The van der Waals surface area contributed by atoms with Crippen molar-refractivity contribution in [2.45, 2.75) is 39.2 Å². The Balaban J connectivity index is 1.28. The quantitative estimate of drug-likeness (QED) is 0.239. The molecule has 0 unspecified atom stereocenters. The van der Waals surface area contributed by atoms with Crippen molar-refractivity contribution >= 4 is 28.5 Å². The lowest BCUT2D eigenvalue weighted by molar-refractivity contribution is -0.123. The van der Waals surface area contributed by atoms with E-state index in [2.05, 4.69) is 41.9 Å². The third-order valence-corrected chi connectivity index (χ3v) is 6.18. The standard InChI is InChI=1S/C29H32ClN3O3/c1-21(2)22-8-12-24(13-9-22)35-19-5-18-33-27-7-4-3-6-26(27)32-28(33)16-17-31-29(34)20-36-25-14-10-23(30)11-15-25/h3-4,6-15,21H,5,16-20H2,1-2H3,(H,31,34). The number of carbonyl (C=O) groups excluding carboxylic acids is 1. The summed E-state index contributed by atoms with van der Waals surface area (Å²) in [5.41, 5.74) is 3.35. The highest BCUT2D eigenvalue weighted by Crippen LogP contribution is 2.20. The molecule has 0 spiro atoms. The van der Waals surface area contributed by atoms with Crippen LogP contribution in [0.25, 0.3) is 11.0 Å². The number of hydrogen-bond donors (Lipinski definition) is 1. The summed E-state index contributed by atoms with van der Waals surface area (Å²) in [6, 6.07) is 23.4. The van der Waals surface area contributed by atoms with E-state index >= 15 is 0 Å². The van der Waals surface area contributed by atoms with Gasteiger partial charge in [-0.25, -0.2) is 4.98 Å². The maximum atomic E-state index is 12.2. The molecule has 1 N–H and O–H groups in total.